The second-order valence-electron chi connectivity index (χ2n) is 3.98. The Balaban J connectivity index is 2.85. The Morgan fingerprint density at radius 1 is 1.22 bits per heavy atom. The molecule has 1 aromatic rings. The predicted octanol–water partition coefficient (Wildman–Crippen LogP) is 4.23. The summed E-state index contributed by atoms with van der Waals surface area (Å²) in [6.07, 6.45) is -0.859. The molecule has 0 heterocycles. The standard InChI is InChI=1S/C12H14Cl3NO2/c1-8(2)18-11(17)16-10(12(13,14)15)9-6-4-3-5-7-9/h3-8,10H,1-2H3,(H,16,17)/t10-/m0/s1. The van der Waals surface area contributed by atoms with Gasteiger partial charge in [-0.3, -0.25) is 0 Å². The highest BCUT2D eigenvalue weighted by atomic mass is 35.6. The first kappa shape index (κ1) is 15.4. The van der Waals surface area contributed by atoms with Crippen molar-refractivity contribution in [3.63, 3.8) is 0 Å². The summed E-state index contributed by atoms with van der Waals surface area (Å²) >= 11 is 17.6. The first-order valence-electron chi connectivity index (χ1n) is 5.39. The van der Waals surface area contributed by atoms with E-state index in [2.05, 4.69) is 5.32 Å². The van der Waals surface area contributed by atoms with Gasteiger partial charge in [-0.1, -0.05) is 65.1 Å². The minimum Gasteiger partial charge on any atom is -0.447 e. The third-order valence-electron chi connectivity index (χ3n) is 2.07. The third-order valence-corrected chi connectivity index (χ3v) is 2.72. The van der Waals surface area contributed by atoms with E-state index in [-0.39, 0.29) is 6.10 Å². The van der Waals surface area contributed by atoms with Crippen molar-refractivity contribution in [3.8, 4) is 0 Å². The lowest BCUT2D eigenvalue weighted by atomic mass is 10.1. The Morgan fingerprint density at radius 3 is 2.22 bits per heavy atom. The normalized spacial score (nSPS) is 13.2. The smallest absolute Gasteiger partial charge is 0.408 e. The molecule has 0 aliphatic rings. The third kappa shape index (κ3) is 4.92. The van der Waals surface area contributed by atoms with Gasteiger partial charge >= 0.3 is 6.09 Å². The molecule has 0 saturated carbocycles. The van der Waals surface area contributed by atoms with Crippen LogP contribution in [0.25, 0.3) is 0 Å². The molecular formula is C12H14Cl3NO2. The van der Waals surface area contributed by atoms with Gasteiger partial charge in [0.05, 0.1) is 6.10 Å². The fraction of sp³-hybridized carbons (Fsp3) is 0.417. The molecular weight excluding hydrogens is 296 g/mol. The Bertz CT molecular complexity index is 390. The van der Waals surface area contributed by atoms with Crippen molar-refractivity contribution in [1.29, 1.82) is 0 Å². The first-order chi connectivity index (χ1) is 8.30. The van der Waals surface area contributed by atoms with Gasteiger partial charge in [0.25, 0.3) is 0 Å². The number of carbonyl (C=O) groups is 1. The van der Waals surface area contributed by atoms with Crippen LogP contribution in [0.4, 0.5) is 4.79 Å². The summed E-state index contributed by atoms with van der Waals surface area (Å²) in [5.41, 5.74) is 0.693. The molecule has 0 aliphatic heterocycles. The molecule has 3 nitrogen and oxygen atoms in total. The van der Waals surface area contributed by atoms with E-state index in [9.17, 15) is 4.79 Å². The van der Waals surface area contributed by atoms with E-state index < -0.39 is 15.9 Å². The molecule has 1 amide bonds. The van der Waals surface area contributed by atoms with Gasteiger partial charge in [-0.2, -0.15) is 0 Å². The molecule has 0 radical (unpaired) electrons. The molecule has 0 aromatic heterocycles. The molecule has 1 rings (SSSR count). The summed E-state index contributed by atoms with van der Waals surface area (Å²) in [5.74, 6) is 0. The van der Waals surface area contributed by atoms with Crippen molar-refractivity contribution in [2.75, 3.05) is 0 Å². The first-order valence-corrected chi connectivity index (χ1v) is 6.53. The van der Waals surface area contributed by atoms with Gasteiger partial charge in [-0.15, -0.1) is 0 Å². The monoisotopic (exact) mass is 309 g/mol. The number of halogens is 3. The van der Waals surface area contributed by atoms with Crippen LogP contribution >= 0.6 is 34.8 Å². The zero-order chi connectivity index (χ0) is 13.8. The van der Waals surface area contributed by atoms with Crippen LogP contribution in [-0.2, 0) is 4.74 Å². The lowest BCUT2D eigenvalue weighted by Crippen LogP contribution is -2.37. The topological polar surface area (TPSA) is 38.3 Å². The zero-order valence-corrected chi connectivity index (χ0v) is 12.3. The maximum Gasteiger partial charge on any atom is 0.408 e. The molecule has 18 heavy (non-hydrogen) atoms. The van der Waals surface area contributed by atoms with Crippen molar-refractivity contribution >= 4 is 40.9 Å². The van der Waals surface area contributed by atoms with Crippen molar-refractivity contribution in [3.05, 3.63) is 35.9 Å². The summed E-state index contributed by atoms with van der Waals surface area (Å²) in [7, 11) is 0. The van der Waals surface area contributed by atoms with Gasteiger partial charge in [-0.25, -0.2) is 4.79 Å². The Kier molecular flexibility index (Phi) is 5.57. The molecule has 0 bridgehead atoms. The van der Waals surface area contributed by atoms with Gasteiger partial charge in [0.2, 0.25) is 3.79 Å². The average Bonchev–Trinajstić information content (AvgIpc) is 2.24. The maximum atomic E-state index is 11.6. The molecule has 100 valence electrons. The molecule has 1 atom stereocenters. The lowest BCUT2D eigenvalue weighted by molar-refractivity contribution is 0.112. The largest absolute Gasteiger partial charge is 0.447 e. The highest BCUT2D eigenvalue weighted by Crippen LogP contribution is 2.39. The summed E-state index contributed by atoms with van der Waals surface area (Å²) in [5, 5.41) is 2.55. The second-order valence-corrected chi connectivity index (χ2v) is 6.35. The fourth-order valence-corrected chi connectivity index (χ4v) is 1.91. The van der Waals surface area contributed by atoms with Crippen molar-refractivity contribution in [1.82, 2.24) is 5.32 Å². The summed E-state index contributed by atoms with van der Waals surface area (Å²) in [6.45, 7) is 3.49. The van der Waals surface area contributed by atoms with Crippen molar-refractivity contribution in [2.24, 2.45) is 0 Å². The zero-order valence-electron chi connectivity index (χ0n) is 9.99. The van der Waals surface area contributed by atoms with E-state index in [0.717, 1.165) is 0 Å². The maximum absolute atomic E-state index is 11.6. The highest BCUT2D eigenvalue weighted by molar-refractivity contribution is 6.68. The van der Waals surface area contributed by atoms with E-state index in [1.165, 1.54) is 0 Å². The SMILES string of the molecule is CC(C)OC(=O)N[C@@H](c1ccccc1)C(Cl)(Cl)Cl. The Hall–Kier alpha value is -0.640. The fourth-order valence-electron chi connectivity index (χ4n) is 1.37. The molecule has 1 aromatic carbocycles. The number of ether oxygens (including phenoxy) is 1. The Labute approximate surface area is 121 Å². The van der Waals surface area contributed by atoms with Gasteiger partial charge < -0.3 is 10.1 Å². The van der Waals surface area contributed by atoms with E-state index in [1.54, 1.807) is 38.1 Å². The van der Waals surface area contributed by atoms with E-state index >= 15 is 0 Å². The van der Waals surface area contributed by atoms with Crippen molar-refractivity contribution < 1.29 is 9.53 Å². The molecule has 0 spiro atoms. The van der Waals surface area contributed by atoms with Crippen LogP contribution < -0.4 is 5.32 Å². The summed E-state index contributed by atoms with van der Waals surface area (Å²) in [4.78, 5) is 11.6. The number of nitrogens with one attached hydrogen (secondary N) is 1. The summed E-state index contributed by atoms with van der Waals surface area (Å²) in [6, 6.07) is 8.20. The van der Waals surface area contributed by atoms with Crippen LogP contribution in [0.2, 0.25) is 0 Å². The molecule has 0 saturated heterocycles. The van der Waals surface area contributed by atoms with Crippen LogP contribution in [0.3, 0.4) is 0 Å². The van der Waals surface area contributed by atoms with Crippen molar-refractivity contribution in [2.45, 2.75) is 29.8 Å². The number of benzene rings is 1. The van der Waals surface area contributed by atoms with Gasteiger partial charge in [0, 0.05) is 0 Å². The second kappa shape index (κ2) is 6.50. The van der Waals surface area contributed by atoms with E-state index in [1.807, 2.05) is 6.07 Å². The number of rotatable bonds is 3. The Morgan fingerprint density at radius 2 is 1.78 bits per heavy atom. The quantitative estimate of drug-likeness (QED) is 0.848. The molecule has 6 heteroatoms. The van der Waals surface area contributed by atoms with Crippen LogP contribution in [0.1, 0.15) is 25.5 Å². The number of alkyl halides is 3. The molecule has 0 unspecified atom stereocenters. The minimum absolute atomic E-state index is 0.239. The predicted molar refractivity (Wildman–Crippen MR) is 74.2 cm³/mol. The van der Waals surface area contributed by atoms with Gasteiger partial charge in [-0.05, 0) is 19.4 Å². The van der Waals surface area contributed by atoms with Gasteiger partial charge in [0.1, 0.15) is 6.04 Å². The van der Waals surface area contributed by atoms with Crippen LogP contribution in [0.15, 0.2) is 30.3 Å². The minimum atomic E-state index is -1.66. The number of hydrogen-bond acceptors (Lipinski definition) is 2. The lowest BCUT2D eigenvalue weighted by Gasteiger charge is -2.26. The van der Waals surface area contributed by atoms with Crippen LogP contribution in [-0.4, -0.2) is 16.0 Å². The molecule has 1 N–H and O–H groups in total. The van der Waals surface area contributed by atoms with E-state index in [4.69, 9.17) is 39.5 Å². The van der Waals surface area contributed by atoms with E-state index in [0.29, 0.717) is 5.56 Å². The number of amides is 1. The summed E-state index contributed by atoms with van der Waals surface area (Å²) < 4.78 is 3.32. The number of carbonyl (C=O) groups excluding carboxylic acids is 1. The number of hydrogen-bond donors (Lipinski definition) is 1. The molecule has 0 fully saturated rings. The van der Waals surface area contributed by atoms with Crippen LogP contribution in [0, 0.1) is 0 Å². The molecule has 0 aliphatic carbocycles. The van der Waals surface area contributed by atoms with Crippen LogP contribution in [0.5, 0.6) is 0 Å². The number of alkyl carbamates (subject to hydrolysis) is 1. The highest BCUT2D eigenvalue weighted by Gasteiger charge is 2.35. The average molecular weight is 311 g/mol. The van der Waals surface area contributed by atoms with Gasteiger partial charge in [0.15, 0.2) is 0 Å².